The highest BCUT2D eigenvalue weighted by atomic mass is 19.1. The van der Waals surface area contributed by atoms with E-state index in [0.717, 1.165) is 51.3 Å². The van der Waals surface area contributed by atoms with Crippen molar-refractivity contribution in [3.63, 3.8) is 0 Å². The maximum absolute atomic E-state index is 13.9. The second kappa shape index (κ2) is 10.9. The van der Waals surface area contributed by atoms with Crippen molar-refractivity contribution in [2.45, 2.75) is 51.8 Å². The lowest BCUT2D eigenvalue weighted by Crippen LogP contribution is -2.57. The SMILES string of the molecule is COc1cc(C[C@@H]2CN(CCN3CCc4ncccc4C3)CCN2C(=O)OC(C)(C)C)ccc1F. The Balaban J connectivity index is 1.41. The fraction of sp³-hybridized carbons (Fsp3) is 0.556. The Kier molecular flexibility index (Phi) is 7.91. The standard InChI is InChI=1S/C27H37FN4O3/c1-27(2,3)35-26(33)32-15-14-31(13-12-30-11-9-24-21(18-30)6-5-10-29-24)19-22(32)16-20-7-8-23(28)25(17-20)34-4/h5-8,10,17,22H,9,11-16,18-19H2,1-4H3/t22-/m1/s1. The largest absolute Gasteiger partial charge is 0.494 e. The van der Waals surface area contributed by atoms with Crippen LogP contribution in [-0.4, -0.2) is 83.8 Å². The van der Waals surface area contributed by atoms with E-state index in [2.05, 4.69) is 20.9 Å². The van der Waals surface area contributed by atoms with E-state index in [4.69, 9.17) is 9.47 Å². The first-order valence-corrected chi connectivity index (χ1v) is 12.4. The Morgan fingerprint density at radius 1 is 1.14 bits per heavy atom. The predicted octanol–water partition coefficient (Wildman–Crippen LogP) is 3.75. The van der Waals surface area contributed by atoms with Crippen molar-refractivity contribution in [1.82, 2.24) is 19.7 Å². The average Bonchev–Trinajstić information content (AvgIpc) is 2.82. The third kappa shape index (κ3) is 6.70. The topological polar surface area (TPSA) is 58.1 Å². The van der Waals surface area contributed by atoms with Gasteiger partial charge in [0.1, 0.15) is 5.60 Å². The number of carbonyl (C=O) groups excluding carboxylic acids is 1. The number of amides is 1. The van der Waals surface area contributed by atoms with Crippen molar-refractivity contribution >= 4 is 6.09 Å². The zero-order valence-electron chi connectivity index (χ0n) is 21.3. The number of pyridine rings is 1. The van der Waals surface area contributed by atoms with Crippen LogP contribution in [-0.2, 0) is 24.1 Å². The molecule has 2 aromatic rings. The lowest BCUT2D eigenvalue weighted by molar-refractivity contribution is -0.00243. The third-order valence-electron chi connectivity index (χ3n) is 6.66. The number of hydrogen-bond acceptors (Lipinski definition) is 6. The van der Waals surface area contributed by atoms with Gasteiger partial charge in [0, 0.05) is 64.1 Å². The van der Waals surface area contributed by atoms with Crippen LogP contribution >= 0.6 is 0 Å². The molecule has 0 bridgehead atoms. The van der Waals surface area contributed by atoms with Crippen LogP contribution in [0, 0.1) is 5.82 Å². The number of halogens is 1. The predicted molar refractivity (Wildman–Crippen MR) is 133 cm³/mol. The monoisotopic (exact) mass is 484 g/mol. The number of carbonyl (C=O) groups is 1. The molecule has 0 radical (unpaired) electrons. The maximum atomic E-state index is 13.9. The molecule has 190 valence electrons. The maximum Gasteiger partial charge on any atom is 0.410 e. The van der Waals surface area contributed by atoms with E-state index in [1.54, 1.807) is 12.1 Å². The van der Waals surface area contributed by atoms with Gasteiger partial charge >= 0.3 is 6.09 Å². The van der Waals surface area contributed by atoms with Gasteiger partial charge in [-0.1, -0.05) is 12.1 Å². The second-order valence-corrected chi connectivity index (χ2v) is 10.4. The Bertz CT molecular complexity index is 1030. The van der Waals surface area contributed by atoms with Gasteiger partial charge < -0.3 is 14.4 Å². The lowest BCUT2D eigenvalue weighted by Gasteiger charge is -2.42. The van der Waals surface area contributed by atoms with Crippen LogP contribution in [0.2, 0.25) is 0 Å². The van der Waals surface area contributed by atoms with Crippen molar-refractivity contribution in [2.75, 3.05) is 46.4 Å². The smallest absolute Gasteiger partial charge is 0.410 e. The zero-order chi connectivity index (χ0) is 25.0. The number of ether oxygens (including phenoxy) is 2. The zero-order valence-corrected chi connectivity index (χ0v) is 21.3. The van der Waals surface area contributed by atoms with E-state index in [1.807, 2.05) is 37.9 Å². The van der Waals surface area contributed by atoms with Crippen LogP contribution < -0.4 is 4.74 Å². The molecule has 0 saturated carbocycles. The van der Waals surface area contributed by atoms with Gasteiger partial charge in [-0.3, -0.25) is 14.8 Å². The molecule has 0 aliphatic carbocycles. The van der Waals surface area contributed by atoms with Crippen molar-refractivity contribution in [2.24, 2.45) is 0 Å². The van der Waals surface area contributed by atoms with Crippen LogP contribution in [0.1, 0.15) is 37.6 Å². The Hall–Kier alpha value is -2.71. The van der Waals surface area contributed by atoms with E-state index in [-0.39, 0.29) is 23.7 Å². The first-order chi connectivity index (χ1) is 16.7. The summed E-state index contributed by atoms with van der Waals surface area (Å²) < 4.78 is 24.8. The first kappa shape index (κ1) is 25.4. The van der Waals surface area contributed by atoms with Crippen molar-refractivity contribution < 1.29 is 18.7 Å². The summed E-state index contributed by atoms with van der Waals surface area (Å²) in [5.74, 6) is -0.164. The van der Waals surface area contributed by atoms with Gasteiger partial charge in [0.2, 0.25) is 0 Å². The first-order valence-electron chi connectivity index (χ1n) is 12.4. The molecule has 1 saturated heterocycles. The molecule has 0 unspecified atom stereocenters. The number of hydrogen-bond donors (Lipinski definition) is 0. The molecule has 8 heteroatoms. The number of fused-ring (bicyclic) bond motifs is 1. The highest BCUT2D eigenvalue weighted by molar-refractivity contribution is 5.69. The Labute approximate surface area is 207 Å². The summed E-state index contributed by atoms with van der Waals surface area (Å²) in [6, 6.07) is 9.02. The molecule has 3 heterocycles. The van der Waals surface area contributed by atoms with Crippen LogP contribution in [0.4, 0.5) is 9.18 Å². The molecule has 7 nitrogen and oxygen atoms in total. The normalized spacial score (nSPS) is 19.3. The highest BCUT2D eigenvalue weighted by Gasteiger charge is 2.33. The molecule has 2 aliphatic heterocycles. The summed E-state index contributed by atoms with van der Waals surface area (Å²) in [5, 5.41) is 0. The minimum absolute atomic E-state index is 0.0694. The van der Waals surface area contributed by atoms with E-state index in [1.165, 1.54) is 24.4 Å². The van der Waals surface area contributed by atoms with Crippen LogP contribution in [0.3, 0.4) is 0 Å². The highest BCUT2D eigenvalue weighted by Crippen LogP contribution is 2.23. The summed E-state index contributed by atoms with van der Waals surface area (Å²) in [5.41, 5.74) is 2.90. The van der Waals surface area contributed by atoms with Gasteiger partial charge in [0.05, 0.1) is 13.2 Å². The molecule has 0 N–H and O–H groups in total. The number of nitrogens with zero attached hydrogens (tertiary/aromatic N) is 4. The third-order valence-corrected chi connectivity index (χ3v) is 6.66. The molecule has 1 fully saturated rings. The van der Waals surface area contributed by atoms with E-state index < -0.39 is 5.60 Å². The van der Waals surface area contributed by atoms with Gasteiger partial charge in [0.15, 0.2) is 11.6 Å². The van der Waals surface area contributed by atoms with Crippen LogP contribution in [0.25, 0.3) is 0 Å². The van der Waals surface area contributed by atoms with Crippen LogP contribution in [0.15, 0.2) is 36.5 Å². The minimum atomic E-state index is -0.558. The molecule has 2 aliphatic rings. The minimum Gasteiger partial charge on any atom is -0.494 e. The molecular formula is C27H37FN4O3. The van der Waals surface area contributed by atoms with E-state index in [9.17, 15) is 9.18 Å². The Morgan fingerprint density at radius 3 is 2.71 bits per heavy atom. The van der Waals surface area contributed by atoms with Crippen LogP contribution in [0.5, 0.6) is 5.75 Å². The summed E-state index contributed by atoms with van der Waals surface area (Å²) in [7, 11) is 1.46. The molecule has 0 spiro atoms. The number of benzene rings is 1. The summed E-state index contributed by atoms with van der Waals surface area (Å²) in [4.78, 5) is 24.2. The average molecular weight is 485 g/mol. The van der Waals surface area contributed by atoms with Crippen molar-refractivity contribution in [3.8, 4) is 5.75 Å². The van der Waals surface area contributed by atoms with E-state index >= 15 is 0 Å². The Morgan fingerprint density at radius 2 is 1.94 bits per heavy atom. The molecular weight excluding hydrogens is 447 g/mol. The number of methoxy groups -OCH3 is 1. The quantitative estimate of drug-likeness (QED) is 0.623. The van der Waals surface area contributed by atoms with Crippen molar-refractivity contribution in [3.05, 3.63) is 59.2 Å². The fourth-order valence-corrected chi connectivity index (χ4v) is 4.86. The van der Waals surface area contributed by atoms with Gasteiger partial charge in [-0.15, -0.1) is 0 Å². The molecule has 1 atom stereocenters. The summed E-state index contributed by atoms with van der Waals surface area (Å²) in [6.07, 6.45) is 3.17. The van der Waals surface area contributed by atoms with Gasteiger partial charge in [0.25, 0.3) is 0 Å². The molecule has 1 aromatic heterocycles. The van der Waals surface area contributed by atoms with E-state index in [0.29, 0.717) is 13.0 Å². The number of aromatic nitrogens is 1. The lowest BCUT2D eigenvalue weighted by atomic mass is 10.0. The molecule has 35 heavy (non-hydrogen) atoms. The van der Waals surface area contributed by atoms with Gasteiger partial charge in [-0.2, -0.15) is 0 Å². The summed E-state index contributed by atoms with van der Waals surface area (Å²) >= 11 is 0. The van der Waals surface area contributed by atoms with Gasteiger partial charge in [-0.05, 0) is 56.5 Å². The number of rotatable bonds is 6. The van der Waals surface area contributed by atoms with Crippen molar-refractivity contribution in [1.29, 1.82) is 0 Å². The molecule has 1 aromatic carbocycles. The molecule has 1 amide bonds. The number of piperazine rings is 1. The fourth-order valence-electron chi connectivity index (χ4n) is 4.86. The van der Waals surface area contributed by atoms with Gasteiger partial charge in [-0.25, -0.2) is 9.18 Å². The second-order valence-electron chi connectivity index (χ2n) is 10.4. The molecule has 4 rings (SSSR count). The summed E-state index contributed by atoms with van der Waals surface area (Å²) in [6.45, 7) is 11.6.